The molecule has 0 saturated carbocycles. The van der Waals surface area contributed by atoms with Crippen molar-refractivity contribution in [1.82, 2.24) is 0 Å². The average Bonchev–Trinajstić information content (AvgIpc) is 2.30. The van der Waals surface area contributed by atoms with Gasteiger partial charge < -0.3 is 24.4 Å². The largest absolute Gasteiger partial charge is 0.492 e. The van der Waals surface area contributed by atoms with Crippen molar-refractivity contribution in [1.29, 1.82) is 5.41 Å². The maximum Gasteiger partial charge on any atom is 0.302 e. The smallest absolute Gasteiger partial charge is 0.302 e. The van der Waals surface area contributed by atoms with E-state index in [2.05, 4.69) is 4.74 Å². The minimum Gasteiger partial charge on any atom is -0.492 e. The van der Waals surface area contributed by atoms with E-state index in [1.54, 1.807) is 13.0 Å². The first-order valence-electron chi connectivity index (χ1n) is 6.21. The molecular formula is C13H21NO5. The number of ether oxygens (including phenoxy) is 4. The molecule has 0 aromatic heterocycles. The van der Waals surface area contributed by atoms with Gasteiger partial charge in [0.15, 0.2) is 11.9 Å². The lowest BCUT2D eigenvalue weighted by Crippen LogP contribution is -2.53. The molecule has 0 aromatic carbocycles. The third kappa shape index (κ3) is 5.00. The van der Waals surface area contributed by atoms with Crippen LogP contribution in [0, 0.1) is 5.41 Å². The molecule has 1 N–H and O–H groups in total. The SMILES string of the molecule is CC1(C)OC[C@H]2OC=CC(=N)[C@@H]2O1.CCOC(C)=O. The Morgan fingerprint density at radius 1 is 1.58 bits per heavy atom. The highest BCUT2D eigenvalue weighted by atomic mass is 16.7. The van der Waals surface area contributed by atoms with Crippen molar-refractivity contribution in [3.63, 3.8) is 0 Å². The number of hydrogen-bond acceptors (Lipinski definition) is 6. The van der Waals surface area contributed by atoms with Crippen molar-refractivity contribution in [2.45, 2.75) is 45.7 Å². The van der Waals surface area contributed by atoms with Crippen LogP contribution in [0.5, 0.6) is 0 Å². The van der Waals surface area contributed by atoms with E-state index in [1.807, 2.05) is 13.8 Å². The van der Waals surface area contributed by atoms with Crippen molar-refractivity contribution in [2.24, 2.45) is 0 Å². The molecule has 0 spiro atoms. The molecule has 2 heterocycles. The van der Waals surface area contributed by atoms with Gasteiger partial charge in [0.1, 0.15) is 6.10 Å². The summed E-state index contributed by atoms with van der Waals surface area (Å²) in [6.07, 6.45) is 2.69. The van der Waals surface area contributed by atoms with Crippen molar-refractivity contribution in [3.05, 3.63) is 12.3 Å². The first-order valence-corrected chi connectivity index (χ1v) is 6.21. The van der Waals surface area contributed by atoms with Crippen LogP contribution in [0.1, 0.15) is 27.7 Å². The van der Waals surface area contributed by atoms with Gasteiger partial charge in [0.2, 0.25) is 0 Å². The van der Waals surface area contributed by atoms with Crippen LogP contribution in [0.4, 0.5) is 0 Å². The maximum atomic E-state index is 9.82. The van der Waals surface area contributed by atoms with Crippen LogP contribution in [0.25, 0.3) is 0 Å². The summed E-state index contributed by atoms with van der Waals surface area (Å²) in [6.45, 7) is 7.81. The summed E-state index contributed by atoms with van der Waals surface area (Å²) in [6, 6.07) is 0. The van der Waals surface area contributed by atoms with E-state index in [-0.39, 0.29) is 18.2 Å². The lowest BCUT2D eigenvalue weighted by molar-refractivity contribution is -0.289. The Bertz CT molecular complexity index is 364. The van der Waals surface area contributed by atoms with Gasteiger partial charge in [0.25, 0.3) is 0 Å². The highest BCUT2D eigenvalue weighted by Crippen LogP contribution is 2.26. The number of carbonyl (C=O) groups excluding carboxylic acids is 1. The standard InChI is InChI=1S/C9H13NO3.C4H8O2/c1-9(2)12-5-7-8(13-9)6(10)3-4-11-7;1-3-6-4(2)5/h3-4,7-8,10H,5H2,1-2H3;3H2,1-2H3/t7-,8+;/m1./s1. The first-order chi connectivity index (χ1) is 8.85. The summed E-state index contributed by atoms with van der Waals surface area (Å²) in [4.78, 5) is 9.82. The number of hydrogen-bond donors (Lipinski definition) is 1. The minimum absolute atomic E-state index is 0.162. The number of rotatable bonds is 1. The van der Waals surface area contributed by atoms with Crippen molar-refractivity contribution >= 4 is 11.7 Å². The predicted octanol–water partition coefficient (Wildman–Crippen LogP) is 1.64. The van der Waals surface area contributed by atoms with E-state index in [9.17, 15) is 4.79 Å². The second kappa shape index (κ2) is 6.68. The van der Waals surface area contributed by atoms with E-state index in [4.69, 9.17) is 19.6 Å². The minimum atomic E-state index is -0.609. The Labute approximate surface area is 113 Å². The second-order valence-corrected chi connectivity index (χ2v) is 4.61. The average molecular weight is 271 g/mol. The van der Waals surface area contributed by atoms with Crippen molar-refractivity contribution in [2.75, 3.05) is 13.2 Å². The fraction of sp³-hybridized carbons (Fsp3) is 0.692. The molecule has 2 aliphatic rings. The van der Waals surface area contributed by atoms with Gasteiger partial charge in [-0.25, -0.2) is 0 Å². The van der Waals surface area contributed by atoms with Gasteiger partial charge in [-0.3, -0.25) is 4.79 Å². The van der Waals surface area contributed by atoms with E-state index in [0.29, 0.717) is 18.9 Å². The molecule has 108 valence electrons. The van der Waals surface area contributed by atoms with Crippen LogP contribution in [0.3, 0.4) is 0 Å². The van der Waals surface area contributed by atoms with E-state index in [0.717, 1.165) is 0 Å². The highest BCUT2D eigenvalue weighted by molar-refractivity contribution is 5.97. The summed E-state index contributed by atoms with van der Waals surface area (Å²) < 4.78 is 20.6. The predicted molar refractivity (Wildman–Crippen MR) is 69.0 cm³/mol. The molecule has 1 saturated heterocycles. The molecule has 2 atom stereocenters. The summed E-state index contributed by atoms with van der Waals surface area (Å²) in [5, 5.41) is 7.64. The quantitative estimate of drug-likeness (QED) is 0.733. The molecule has 19 heavy (non-hydrogen) atoms. The molecule has 0 unspecified atom stereocenters. The van der Waals surface area contributed by atoms with Gasteiger partial charge in [0.05, 0.1) is 25.2 Å². The normalized spacial score (nSPS) is 27.5. The first kappa shape index (κ1) is 15.7. The Kier molecular flexibility index (Phi) is 5.50. The fourth-order valence-corrected chi connectivity index (χ4v) is 1.67. The van der Waals surface area contributed by atoms with Crippen LogP contribution in [0.2, 0.25) is 0 Å². The van der Waals surface area contributed by atoms with E-state index < -0.39 is 5.79 Å². The van der Waals surface area contributed by atoms with Gasteiger partial charge in [-0.1, -0.05) is 0 Å². The highest BCUT2D eigenvalue weighted by Gasteiger charge is 2.40. The van der Waals surface area contributed by atoms with Gasteiger partial charge in [-0.15, -0.1) is 0 Å². The maximum absolute atomic E-state index is 9.82. The molecule has 0 aromatic rings. The lowest BCUT2D eigenvalue weighted by atomic mass is 10.1. The topological polar surface area (TPSA) is 77.8 Å². The molecule has 0 aliphatic carbocycles. The van der Waals surface area contributed by atoms with Gasteiger partial charge >= 0.3 is 5.97 Å². The fourth-order valence-electron chi connectivity index (χ4n) is 1.67. The summed E-state index contributed by atoms with van der Waals surface area (Å²) >= 11 is 0. The van der Waals surface area contributed by atoms with Gasteiger partial charge in [-0.05, 0) is 26.8 Å². The van der Waals surface area contributed by atoms with Gasteiger partial charge in [-0.2, -0.15) is 0 Å². The van der Waals surface area contributed by atoms with Crippen LogP contribution in [0.15, 0.2) is 12.3 Å². The Morgan fingerprint density at radius 2 is 2.26 bits per heavy atom. The summed E-state index contributed by atoms with van der Waals surface area (Å²) in [5.74, 6) is -0.820. The zero-order chi connectivity index (χ0) is 14.5. The molecule has 0 radical (unpaired) electrons. The zero-order valence-electron chi connectivity index (χ0n) is 11.8. The third-order valence-corrected chi connectivity index (χ3v) is 2.50. The van der Waals surface area contributed by atoms with Crippen molar-refractivity contribution in [3.8, 4) is 0 Å². The molecule has 6 heteroatoms. The number of nitrogens with one attached hydrogen (secondary N) is 1. The molecule has 1 fully saturated rings. The number of esters is 1. The molecule has 0 amide bonds. The zero-order valence-corrected chi connectivity index (χ0v) is 11.8. The van der Waals surface area contributed by atoms with Gasteiger partial charge in [0, 0.05) is 6.92 Å². The van der Waals surface area contributed by atoms with Crippen LogP contribution in [-0.2, 0) is 23.7 Å². The molecular weight excluding hydrogens is 250 g/mol. The number of carbonyl (C=O) groups is 1. The van der Waals surface area contributed by atoms with Crippen LogP contribution < -0.4 is 0 Å². The lowest BCUT2D eigenvalue weighted by Gasteiger charge is -2.41. The summed E-state index contributed by atoms with van der Waals surface area (Å²) in [5.41, 5.74) is 0.452. The molecule has 2 aliphatic heterocycles. The van der Waals surface area contributed by atoms with Crippen LogP contribution >= 0.6 is 0 Å². The van der Waals surface area contributed by atoms with E-state index >= 15 is 0 Å². The number of fused-ring (bicyclic) bond motifs is 1. The third-order valence-electron chi connectivity index (χ3n) is 2.50. The second-order valence-electron chi connectivity index (χ2n) is 4.61. The van der Waals surface area contributed by atoms with E-state index in [1.165, 1.54) is 13.2 Å². The summed E-state index contributed by atoms with van der Waals surface area (Å²) in [7, 11) is 0. The Hall–Kier alpha value is -1.40. The van der Waals surface area contributed by atoms with Crippen LogP contribution in [-0.4, -0.2) is 42.9 Å². The van der Waals surface area contributed by atoms with Crippen molar-refractivity contribution < 1.29 is 23.7 Å². The molecule has 6 nitrogen and oxygen atoms in total. The molecule has 0 bridgehead atoms. The molecule has 2 rings (SSSR count). The Balaban J connectivity index is 0.000000258. The monoisotopic (exact) mass is 271 g/mol. The Morgan fingerprint density at radius 3 is 2.79 bits per heavy atom.